The van der Waals surface area contributed by atoms with Crippen molar-refractivity contribution in [3.63, 3.8) is 0 Å². The Morgan fingerprint density at radius 2 is 2.10 bits per heavy atom. The van der Waals surface area contributed by atoms with E-state index in [0.29, 0.717) is 5.92 Å². The summed E-state index contributed by atoms with van der Waals surface area (Å²) in [6.45, 7) is 4.60. The van der Waals surface area contributed by atoms with Gasteiger partial charge in [0.2, 0.25) is 0 Å². The third-order valence-corrected chi connectivity index (χ3v) is 5.81. The smallest absolute Gasteiger partial charge is 0.131 e. The molecule has 2 saturated carbocycles. The van der Waals surface area contributed by atoms with Gasteiger partial charge in [0.25, 0.3) is 0 Å². The molecule has 3 aliphatic carbocycles. The molecule has 0 aliphatic heterocycles. The predicted molar refractivity (Wildman–Crippen MR) is 79.3 cm³/mol. The highest BCUT2D eigenvalue weighted by molar-refractivity contribution is 5.27. The van der Waals surface area contributed by atoms with Gasteiger partial charge in [0.1, 0.15) is 5.82 Å². The predicted octanol–water partition coefficient (Wildman–Crippen LogP) is 3.35. The third-order valence-electron chi connectivity index (χ3n) is 5.81. The largest absolute Gasteiger partial charge is 0.324 e. The summed E-state index contributed by atoms with van der Waals surface area (Å²) in [5.41, 5.74) is 8.99. The fourth-order valence-corrected chi connectivity index (χ4v) is 4.86. The molecule has 108 valence electrons. The van der Waals surface area contributed by atoms with Gasteiger partial charge in [0.15, 0.2) is 0 Å². The zero-order chi connectivity index (χ0) is 13.9. The van der Waals surface area contributed by atoms with Crippen LogP contribution in [0.5, 0.6) is 0 Å². The number of aromatic nitrogens is 2. The Morgan fingerprint density at radius 1 is 1.25 bits per heavy atom. The molecule has 3 nitrogen and oxygen atoms in total. The lowest BCUT2D eigenvalue weighted by Gasteiger charge is -2.34. The summed E-state index contributed by atoms with van der Waals surface area (Å²) < 4.78 is 0. The number of nitrogens with zero attached hydrogens (tertiary/aromatic N) is 2. The number of hydrogen-bond donors (Lipinski definition) is 1. The van der Waals surface area contributed by atoms with Gasteiger partial charge in [-0.25, -0.2) is 9.97 Å². The molecule has 0 radical (unpaired) electrons. The number of nitrogens with two attached hydrogens (primary N) is 1. The minimum atomic E-state index is 0.114. The van der Waals surface area contributed by atoms with Crippen LogP contribution >= 0.6 is 0 Å². The van der Waals surface area contributed by atoms with E-state index in [1.807, 2.05) is 6.20 Å². The number of hydrogen-bond acceptors (Lipinski definition) is 3. The highest BCUT2D eigenvalue weighted by Gasteiger charge is 2.42. The van der Waals surface area contributed by atoms with Gasteiger partial charge in [-0.2, -0.15) is 0 Å². The van der Waals surface area contributed by atoms with Crippen molar-refractivity contribution in [2.45, 2.75) is 64.3 Å². The average Bonchev–Trinajstić information content (AvgIpc) is 2.98. The molecule has 2 fully saturated rings. The Kier molecular flexibility index (Phi) is 2.72. The molecule has 0 aromatic carbocycles. The SMILES string of the molecule is CC1(C)Cc2nc(C3CC4CCC3C4)ncc2C(N)C1. The Bertz CT molecular complexity index is 537. The van der Waals surface area contributed by atoms with Crippen LogP contribution in [0.1, 0.15) is 75.0 Å². The maximum absolute atomic E-state index is 6.31. The van der Waals surface area contributed by atoms with Gasteiger partial charge in [0, 0.05) is 29.4 Å². The first-order valence-corrected chi connectivity index (χ1v) is 8.13. The fourth-order valence-electron chi connectivity index (χ4n) is 4.86. The highest BCUT2D eigenvalue weighted by atomic mass is 14.9. The molecule has 2 bridgehead atoms. The summed E-state index contributed by atoms with van der Waals surface area (Å²) in [5, 5.41) is 0. The van der Waals surface area contributed by atoms with Crippen LogP contribution in [0.3, 0.4) is 0 Å². The average molecular weight is 271 g/mol. The Labute approximate surface area is 121 Å². The first kappa shape index (κ1) is 12.8. The lowest BCUT2D eigenvalue weighted by Crippen LogP contribution is -2.31. The molecule has 1 heterocycles. The Morgan fingerprint density at radius 3 is 2.80 bits per heavy atom. The maximum Gasteiger partial charge on any atom is 0.131 e. The van der Waals surface area contributed by atoms with Crippen LogP contribution in [0.2, 0.25) is 0 Å². The van der Waals surface area contributed by atoms with Crippen LogP contribution < -0.4 is 5.73 Å². The van der Waals surface area contributed by atoms with E-state index in [4.69, 9.17) is 15.7 Å². The molecule has 0 spiro atoms. The summed E-state index contributed by atoms with van der Waals surface area (Å²) in [7, 11) is 0. The molecule has 4 atom stereocenters. The Hall–Kier alpha value is -0.960. The van der Waals surface area contributed by atoms with Crippen LogP contribution in [-0.4, -0.2) is 9.97 Å². The summed E-state index contributed by atoms with van der Waals surface area (Å²) in [4.78, 5) is 9.67. The van der Waals surface area contributed by atoms with Crippen molar-refractivity contribution < 1.29 is 0 Å². The van der Waals surface area contributed by atoms with Gasteiger partial charge in [-0.1, -0.05) is 20.3 Å². The first-order valence-electron chi connectivity index (χ1n) is 8.13. The summed E-state index contributed by atoms with van der Waals surface area (Å²) in [6, 6.07) is 0.114. The molecule has 0 amide bonds. The number of fused-ring (bicyclic) bond motifs is 3. The van der Waals surface area contributed by atoms with Crippen LogP contribution in [0.25, 0.3) is 0 Å². The topological polar surface area (TPSA) is 51.8 Å². The number of rotatable bonds is 1. The Balaban J connectivity index is 1.67. The standard InChI is InChI=1S/C17H25N3/c1-17(2)7-14(18)13-9-19-16(20-15(13)8-17)12-6-10-3-4-11(12)5-10/h9-12,14H,3-8,18H2,1-2H3. The van der Waals surface area contributed by atoms with Crippen LogP contribution in [0.15, 0.2) is 6.20 Å². The van der Waals surface area contributed by atoms with E-state index in [0.717, 1.165) is 30.5 Å². The molecule has 0 saturated heterocycles. The summed E-state index contributed by atoms with van der Waals surface area (Å²) in [6.07, 6.45) is 9.67. The van der Waals surface area contributed by atoms with Crippen molar-refractivity contribution in [2.75, 3.05) is 0 Å². The van der Waals surface area contributed by atoms with Gasteiger partial charge in [-0.15, -0.1) is 0 Å². The van der Waals surface area contributed by atoms with Crippen LogP contribution in [-0.2, 0) is 6.42 Å². The van der Waals surface area contributed by atoms with Crippen molar-refractivity contribution in [3.8, 4) is 0 Å². The van der Waals surface area contributed by atoms with E-state index in [2.05, 4.69) is 13.8 Å². The summed E-state index contributed by atoms with van der Waals surface area (Å²) >= 11 is 0. The minimum absolute atomic E-state index is 0.114. The van der Waals surface area contributed by atoms with E-state index >= 15 is 0 Å². The second-order valence-corrected chi connectivity index (χ2v) is 8.06. The van der Waals surface area contributed by atoms with Crippen molar-refractivity contribution >= 4 is 0 Å². The molecular weight excluding hydrogens is 246 g/mol. The van der Waals surface area contributed by atoms with Gasteiger partial charge >= 0.3 is 0 Å². The van der Waals surface area contributed by atoms with Gasteiger partial charge < -0.3 is 5.73 Å². The molecule has 4 rings (SSSR count). The zero-order valence-corrected chi connectivity index (χ0v) is 12.6. The molecule has 4 unspecified atom stereocenters. The molecule has 20 heavy (non-hydrogen) atoms. The van der Waals surface area contributed by atoms with E-state index < -0.39 is 0 Å². The second kappa shape index (κ2) is 4.27. The molecule has 3 aliphatic rings. The van der Waals surface area contributed by atoms with Crippen molar-refractivity contribution in [1.82, 2.24) is 9.97 Å². The first-order chi connectivity index (χ1) is 9.52. The molecule has 2 N–H and O–H groups in total. The third kappa shape index (κ3) is 1.98. The van der Waals surface area contributed by atoms with Crippen LogP contribution in [0, 0.1) is 17.3 Å². The molecule has 3 heteroatoms. The van der Waals surface area contributed by atoms with Gasteiger partial charge in [-0.3, -0.25) is 0 Å². The van der Waals surface area contributed by atoms with E-state index in [-0.39, 0.29) is 11.5 Å². The van der Waals surface area contributed by atoms with E-state index in [9.17, 15) is 0 Å². The van der Waals surface area contributed by atoms with Crippen molar-refractivity contribution in [3.05, 3.63) is 23.3 Å². The lowest BCUT2D eigenvalue weighted by atomic mass is 9.74. The quantitative estimate of drug-likeness (QED) is 0.852. The minimum Gasteiger partial charge on any atom is -0.324 e. The van der Waals surface area contributed by atoms with Crippen molar-refractivity contribution in [1.29, 1.82) is 0 Å². The monoisotopic (exact) mass is 271 g/mol. The fraction of sp³-hybridized carbons (Fsp3) is 0.765. The van der Waals surface area contributed by atoms with E-state index in [1.54, 1.807) is 0 Å². The van der Waals surface area contributed by atoms with E-state index in [1.165, 1.54) is 36.9 Å². The zero-order valence-electron chi connectivity index (χ0n) is 12.6. The summed E-state index contributed by atoms with van der Waals surface area (Å²) in [5.74, 6) is 3.54. The molecule has 1 aromatic heterocycles. The van der Waals surface area contributed by atoms with Crippen LogP contribution in [0.4, 0.5) is 0 Å². The van der Waals surface area contributed by atoms with Gasteiger partial charge in [-0.05, 0) is 49.4 Å². The molecular formula is C17H25N3. The maximum atomic E-state index is 6.31. The second-order valence-electron chi connectivity index (χ2n) is 8.06. The highest BCUT2D eigenvalue weighted by Crippen LogP contribution is 2.52. The van der Waals surface area contributed by atoms with Gasteiger partial charge in [0.05, 0.1) is 0 Å². The van der Waals surface area contributed by atoms with Crippen molar-refractivity contribution in [2.24, 2.45) is 23.0 Å². The lowest BCUT2D eigenvalue weighted by molar-refractivity contribution is 0.276. The molecule has 1 aromatic rings. The normalized spacial score (nSPS) is 38.0.